The minimum absolute atomic E-state index is 0.0109. The van der Waals surface area contributed by atoms with Gasteiger partial charge in [0.2, 0.25) is 11.8 Å². The van der Waals surface area contributed by atoms with Crippen molar-refractivity contribution in [3.63, 3.8) is 0 Å². The van der Waals surface area contributed by atoms with E-state index in [0.29, 0.717) is 31.4 Å². The molecule has 2 saturated heterocycles. The summed E-state index contributed by atoms with van der Waals surface area (Å²) in [6.45, 7) is 7.56. The number of carbonyl (C=O) groups excluding carboxylic acids is 3. The molecule has 7 heteroatoms. The van der Waals surface area contributed by atoms with Gasteiger partial charge >= 0.3 is 5.97 Å². The number of amides is 2. The number of nitrogens with zero attached hydrogens (tertiary/aromatic N) is 2. The van der Waals surface area contributed by atoms with Crippen LogP contribution in [0.2, 0.25) is 0 Å². The molecule has 0 N–H and O–H groups in total. The first-order valence-electron chi connectivity index (χ1n) is 10.3. The van der Waals surface area contributed by atoms with Crippen LogP contribution < -0.4 is 0 Å². The van der Waals surface area contributed by atoms with Crippen LogP contribution in [0.1, 0.15) is 52.9 Å². The van der Waals surface area contributed by atoms with Gasteiger partial charge in [0.15, 0.2) is 0 Å². The fourth-order valence-corrected chi connectivity index (χ4v) is 5.66. The highest BCUT2D eigenvalue weighted by Crippen LogP contribution is 2.40. The molecule has 0 aromatic carbocycles. The van der Waals surface area contributed by atoms with E-state index >= 15 is 0 Å². The minimum atomic E-state index is -0.382. The molecule has 0 aromatic heterocycles. The number of rotatable bonds is 6. The normalized spacial score (nSPS) is 28.5. The van der Waals surface area contributed by atoms with E-state index in [4.69, 9.17) is 4.74 Å². The Labute approximate surface area is 166 Å². The summed E-state index contributed by atoms with van der Waals surface area (Å²) in [6.07, 6.45) is 4.38. The zero-order chi connectivity index (χ0) is 19.6. The lowest BCUT2D eigenvalue weighted by atomic mass is 9.97. The topological polar surface area (TPSA) is 66.9 Å². The lowest BCUT2D eigenvalue weighted by Crippen LogP contribution is -2.54. The van der Waals surface area contributed by atoms with Crippen molar-refractivity contribution in [1.29, 1.82) is 0 Å². The van der Waals surface area contributed by atoms with Gasteiger partial charge in [0.25, 0.3) is 0 Å². The van der Waals surface area contributed by atoms with Gasteiger partial charge in [-0.3, -0.25) is 14.4 Å². The van der Waals surface area contributed by atoms with E-state index in [1.165, 1.54) is 0 Å². The second-order valence-corrected chi connectivity index (χ2v) is 9.54. The second-order valence-electron chi connectivity index (χ2n) is 8.33. The van der Waals surface area contributed by atoms with Crippen LogP contribution in [-0.2, 0) is 19.1 Å². The maximum absolute atomic E-state index is 13.3. The molecule has 3 unspecified atom stereocenters. The molecule has 2 amide bonds. The molecule has 0 bridgehead atoms. The van der Waals surface area contributed by atoms with Crippen molar-refractivity contribution < 1.29 is 19.1 Å². The Kier molecular flexibility index (Phi) is 6.71. The number of thioether (sulfide) groups is 1. The van der Waals surface area contributed by atoms with Gasteiger partial charge in [-0.25, -0.2) is 0 Å². The van der Waals surface area contributed by atoms with Gasteiger partial charge in [0.1, 0.15) is 6.04 Å². The molecule has 2 heterocycles. The highest BCUT2D eigenvalue weighted by Gasteiger charge is 2.47. The Bertz CT molecular complexity index is 578. The average Bonchev–Trinajstić information content (AvgIpc) is 3.42. The molecule has 0 aromatic rings. The van der Waals surface area contributed by atoms with Crippen LogP contribution in [0.25, 0.3) is 0 Å². The molecule has 152 valence electrons. The third-order valence-electron chi connectivity index (χ3n) is 5.58. The lowest BCUT2D eigenvalue weighted by Gasteiger charge is -2.36. The molecular formula is C20H32N2O4S. The average molecular weight is 397 g/mol. The smallest absolute Gasteiger partial charge is 0.310 e. The summed E-state index contributed by atoms with van der Waals surface area (Å²) in [7, 11) is 0. The summed E-state index contributed by atoms with van der Waals surface area (Å²) in [6, 6.07) is -0.382. The van der Waals surface area contributed by atoms with E-state index in [2.05, 4.69) is 13.8 Å². The maximum Gasteiger partial charge on any atom is 0.310 e. The molecule has 27 heavy (non-hydrogen) atoms. The number of hydrogen-bond donors (Lipinski definition) is 0. The Hall–Kier alpha value is -1.24. The molecule has 3 rings (SSSR count). The van der Waals surface area contributed by atoms with E-state index in [1.54, 1.807) is 23.6 Å². The molecule has 3 fully saturated rings. The first-order chi connectivity index (χ1) is 12.9. The van der Waals surface area contributed by atoms with Gasteiger partial charge in [0, 0.05) is 24.8 Å². The summed E-state index contributed by atoms with van der Waals surface area (Å²) < 4.78 is 5.15. The highest BCUT2D eigenvalue weighted by atomic mass is 32.2. The number of carbonyl (C=O) groups is 3. The fraction of sp³-hybridized carbons (Fsp3) is 0.850. The Morgan fingerprint density at radius 3 is 2.48 bits per heavy atom. The Morgan fingerprint density at radius 2 is 1.85 bits per heavy atom. The lowest BCUT2D eigenvalue weighted by molar-refractivity contribution is -0.153. The molecule has 0 radical (unpaired) electrons. The predicted octanol–water partition coefficient (Wildman–Crippen LogP) is 2.51. The predicted molar refractivity (Wildman–Crippen MR) is 105 cm³/mol. The number of piperidine rings is 1. The van der Waals surface area contributed by atoms with Crippen LogP contribution in [0.15, 0.2) is 0 Å². The number of hydrogen-bond acceptors (Lipinski definition) is 5. The molecule has 3 aliphatic rings. The van der Waals surface area contributed by atoms with E-state index in [1.807, 2.05) is 4.90 Å². The van der Waals surface area contributed by atoms with Crippen molar-refractivity contribution in [2.45, 2.75) is 64.3 Å². The number of esters is 1. The van der Waals surface area contributed by atoms with Crippen molar-refractivity contribution in [2.75, 3.05) is 25.4 Å². The van der Waals surface area contributed by atoms with E-state index in [9.17, 15) is 14.4 Å². The third-order valence-corrected chi connectivity index (χ3v) is 6.90. The van der Waals surface area contributed by atoms with Crippen LogP contribution >= 0.6 is 11.8 Å². The summed E-state index contributed by atoms with van der Waals surface area (Å²) in [4.78, 5) is 42.0. The Morgan fingerprint density at radius 1 is 1.11 bits per heavy atom. The van der Waals surface area contributed by atoms with Gasteiger partial charge in [-0.15, -0.1) is 11.8 Å². The van der Waals surface area contributed by atoms with Crippen molar-refractivity contribution >= 4 is 29.5 Å². The fourth-order valence-electron chi connectivity index (χ4n) is 4.02. The van der Waals surface area contributed by atoms with E-state index in [0.717, 1.165) is 32.1 Å². The Balaban J connectivity index is 1.70. The van der Waals surface area contributed by atoms with Crippen molar-refractivity contribution in [3.05, 3.63) is 0 Å². The van der Waals surface area contributed by atoms with Gasteiger partial charge in [-0.2, -0.15) is 0 Å². The molecule has 1 saturated carbocycles. The second kappa shape index (κ2) is 8.84. The van der Waals surface area contributed by atoms with Gasteiger partial charge < -0.3 is 14.5 Å². The van der Waals surface area contributed by atoms with Crippen LogP contribution in [0, 0.1) is 17.8 Å². The van der Waals surface area contributed by atoms with Crippen molar-refractivity contribution in [2.24, 2.45) is 17.8 Å². The standard InChI is InChI=1S/C20H32N2O4S/c1-4-26-20(25)15-6-5-9-21(11-15)19(24)16-12-27-17(10-13(2)3)22(16)18(23)14-7-8-14/h13-17H,4-12H2,1-3H3. The molecule has 6 nitrogen and oxygen atoms in total. The monoisotopic (exact) mass is 396 g/mol. The number of ether oxygens (including phenoxy) is 1. The SMILES string of the molecule is CCOC(=O)C1CCCN(C(=O)C2CSC(CC(C)C)N2C(=O)C2CC2)C1. The zero-order valence-corrected chi connectivity index (χ0v) is 17.5. The molecular weight excluding hydrogens is 364 g/mol. The van der Waals surface area contributed by atoms with Crippen LogP contribution in [0.5, 0.6) is 0 Å². The maximum atomic E-state index is 13.3. The van der Waals surface area contributed by atoms with Crippen LogP contribution in [0.3, 0.4) is 0 Å². The van der Waals surface area contributed by atoms with Gasteiger partial charge in [0.05, 0.1) is 17.9 Å². The van der Waals surface area contributed by atoms with Crippen LogP contribution in [0.4, 0.5) is 0 Å². The highest BCUT2D eigenvalue weighted by molar-refractivity contribution is 8.00. The zero-order valence-electron chi connectivity index (χ0n) is 16.7. The minimum Gasteiger partial charge on any atom is -0.466 e. The molecule has 2 aliphatic heterocycles. The van der Waals surface area contributed by atoms with Crippen molar-refractivity contribution in [3.8, 4) is 0 Å². The summed E-state index contributed by atoms with van der Waals surface area (Å²) in [5, 5.41) is 0.0951. The van der Waals surface area contributed by atoms with Gasteiger partial charge in [-0.1, -0.05) is 13.8 Å². The van der Waals surface area contributed by atoms with Crippen molar-refractivity contribution in [1.82, 2.24) is 9.80 Å². The first-order valence-corrected chi connectivity index (χ1v) is 11.4. The quantitative estimate of drug-likeness (QED) is 0.646. The van der Waals surface area contributed by atoms with Gasteiger partial charge in [-0.05, 0) is 44.9 Å². The summed E-state index contributed by atoms with van der Waals surface area (Å²) in [5.74, 6) is 0.973. The van der Waals surface area contributed by atoms with E-state index < -0.39 is 0 Å². The molecule has 0 spiro atoms. The van der Waals surface area contributed by atoms with Crippen LogP contribution in [-0.4, -0.2) is 64.4 Å². The third kappa shape index (κ3) is 4.79. The molecule has 3 atom stereocenters. The summed E-state index contributed by atoms with van der Waals surface area (Å²) in [5.41, 5.74) is 0. The summed E-state index contributed by atoms with van der Waals surface area (Å²) >= 11 is 1.73. The largest absolute Gasteiger partial charge is 0.466 e. The first kappa shape index (κ1) is 20.5. The number of likely N-dealkylation sites (tertiary alicyclic amines) is 1. The molecule has 1 aliphatic carbocycles. The van der Waals surface area contributed by atoms with E-state index in [-0.39, 0.29) is 41.0 Å².